The molecule has 1 amide bonds. The number of primary amides is 1. The Bertz CT molecular complexity index is 753. The number of anilines is 2. The largest absolute Gasteiger partial charge is 0.478 e. The topological polar surface area (TPSA) is 83.6 Å². The molecule has 1 atom stereocenters. The summed E-state index contributed by atoms with van der Waals surface area (Å²) in [5.41, 5.74) is 9.01. The maximum absolute atomic E-state index is 11.1. The average Bonchev–Trinajstić information content (AvgIpc) is 2.84. The molecule has 0 aliphatic carbocycles. The van der Waals surface area contributed by atoms with Crippen LogP contribution in [-0.4, -0.2) is 23.5 Å². The first-order valence-electron chi connectivity index (χ1n) is 7.02. The smallest absolute Gasteiger partial charge is 0.335 e. The maximum Gasteiger partial charge on any atom is 0.335 e. The number of hydrogen-bond acceptors (Lipinski definition) is 3. The zero-order valence-corrected chi connectivity index (χ0v) is 12.1. The summed E-state index contributed by atoms with van der Waals surface area (Å²) < 4.78 is 0. The van der Waals surface area contributed by atoms with Crippen molar-refractivity contribution in [3.63, 3.8) is 0 Å². The monoisotopic (exact) mass is 296 g/mol. The number of benzene rings is 2. The van der Waals surface area contributed by atoms with Gasteiger partial charge in [-0.15, -0.1) is 0 Å². The minimum Gasteiger partial charge on any atom is -0.478 e. The average molecular weight is 296 g/mol. The minimum absolute atomic E-state index is 0.241. The van der Waals surface area contributed by atoms with Gasteiger partial charge in [0.15, 0.2) is 0 Å². The van der Waals surface area contributed by atoms with E-state index in [4.69, 9.17) is 10.8 Å². The Labute approximate surface area is 128 Å². The van der Waals surface area contributed by atoms with Gasteiger partial charge in [-0.1, -0.05) is 6.92 Å². The van der Waals surface area contributed by atoms with Crippen molar-refractivity contribution < 1.29 is 14.7 Å². The number of carboxylic acid groups (broad SMARTS) is 1. The molecule has 0 spiro atoms. The molecular weight excluding hydrogens is 280 g/mol. The van der Waals surface area contributed by atoms with E-state index in [-0.39, 0.29) is 5.92 Å². The van der Waals surface area contributed by atoms with E-state index in [1.165, 1.54) is 0 Å². The molecule has 5 nitrogen and oxygen atoms in total. The van der Waals surface area contributed by atoms with Crippen LogP contribution >= 0.6 is 0 Å². The van der Waals surface area contributed by atoms with Crippen LogP contribution in [0.4, 0.5) is 11.4 Å². The van der Waals surface area contributed by atoms with Crippen LogP contribution < -0.4 is 10.6 Å². The third-order valence-corrected chi connectivity index (χ3v) is 4.02. The number of nitrogens with zero attached hydrogens (tertiary/aromatic N) is 1. The lowest BCUT2D eigenvalue weighted by Gasteiger charge is -2.20. The molecule has 3 rings (SSSR count). The maximum atomic E-state index is 11.1. The number of carbonyl (C=O) groups excluding carboxylic acids is 1. The molecular formula is C17H16N2O3. The van der Waals surface area contributed by atoms with E-state index >= 15 is 0 Å². The van der Waals surface area contributed by atoms with Gasteiger partial charge in [0.1, 0.15) is 0 Å². The zero-order chi connectivity index (χ0) is 15.9. The highest BCUT2D eigenvalue weighted by Gasteiger charge is 2.27. The van der Waals surface area contributed by atoms with E-state index in [1.54, 1.807) is 24.3 Å². The second kappa shape index (κ2) is 5.18. The van der Waals surface area contributed by atoms with E-state index in [9.17, 15) is 9.59 Å². The molecule has 112 valence electrons. The van der Waals surface area contributed by atoms with E-state index in [2.05, 4.69) is 11.8 Å². The molecule has 1 heterocycles. The molecule has 3 N–H and O–H groups in total. The van der Waals surface area contributed by atoms with Gasteiger partial charge in [-0.3, -0.25) is 4.79 Å². The SMILES string of the molecule is CC1CN(c2ccc(C(N)=O)cc2)c2ccc(C(=O)O)cc21. The number of carbonyl (C=O) groups is 2. The molecule has 0 aromatic heterocycles. The Morgan fingerprint density at radius 3 is 2.36 bits per heavy atom. The summed E-state index contributed by atoms with van der Waals surface area (Å²) in [4.78, 5) is 24.4. The highest BCUT2D eigenvalue weighted by Crippen LogP contribution is 2.41. The van der Waals surface area contributed by atoms with Crippen LogP contribution in [0.3, 0.4) is 0 Å². The molecule has 2 aromatic carbocycles. The number of fused-ring (bicyclic) bond motifs is 1. The fourth-order valence-corrected chi connectivity index (χ4v) is 2.85. The Morgan fingerprint density at radius 1 is 1.14 bits per heavy atom. The van der Waals surface area contributed by atoms with E-state index < -0.39 is 11.9 Å². The van der Waals surface area contributed by atoms with E-state index in [1.807, 2.05) is 18.2 Å². The van der Waals surface area contributed by atoms with E-state index in [0.717, 1.165) is 23.5 Å². The van der Waals surface area contributed by atoms with Crippen molar-refractivity contribution in [3.05, 3.63) is 59.2 Å². The highest BCUT2D eigenvalue weighted by atomic mass is 16.4. The number of rotatable bonds is 3. The number of carboxylic acids is 1. The van der Waals surface area contributed by atoms with Crippen molar-refractivity contribution in [2.24, 2.45) is 5.73 Å². The third kappa shape index (κ3) is 2.30. The van der Waals surface area contributed by atoms with Crippen LogP contribution in [0.5, 0.6) is 0 Å². The lowest BCUT2D eigenvalue weighted by Crippen LogP contribution is -2.15. The van der Waals surface area contributed by atoms with Crippen molar-refractivity contribution in [1.82, 2.24) is 0 Å². The Hall–Kier alpha value is -2.82. The van der Waals surface area contributed by atoms with Crippen LogP contribution in [-0.2, 0) is 0 Å². The Balaban J connectivity index is 1.98. The molecule has 2 aromatic rings. The van der Waals surface area contributed by atoms with Gasteiger partial charge < -0.3 is 15.7 Å². The standard InChI is InChI=1S/C17H16N2O3/c1-10-9-19(13-5-2-11(3-6-13)16(18)20)15-7-4-12(17(21)22)8-14(10)15/h2-8,10H,9H2,1H3,(H2,18,20)(H,21,22). The lowest BCUT2D eigenvalue weighted by atomic mass is 10.0. The summed E-state index contributed by atoms with van der Waals surface area (Å²) in [6.07, 6.45) is 0. The second-order valence-corrected chi connectivity index (χ2v) is 5.50. The first kappa shape index (κ1) is 14.1. The van der Waals surface area contributed by atoms with E-state index in [0.29, 0.717) is 11.1 Å². The van der Waals surface area contributed by atoms with Gasteiger partial charge in [0.2, 0.25) is 5.91 Å². The molecule has 1 aliphatic heterocycles. The van der Waals surface area contributed by atoms with Gasteiger partial charge in [-0.2, -0.15) is 0 Å². The fourth-order valence-electron chi connectivity index (χ4n) is 2.85. The van der Waals surface area contributed by atoms with Crippen molar-refractivity contribution in [1.29, 1.82) is 0 Å². The zero-order valence-electron chi connectivity index (χ0n) is 12.1. The van der Waals surface area contributed by atoms with Crippen molar-refractivity contribution >= 4 is 23.3 Å². The van der Waals surface area contributed by atoms with Crippen molar-refractivity contribution in [2.45, 2.75) is 12.8 Å². The van der Waals surface area contributed by atoms with Gasteiger partial charge in [-0.05, 0) is 48.0 Å². The Morgan fingerprint density at radius 2 is 1.77 bits per heavy atom. The quantitative estimate of drug-likeness (QED) is 0.912. The summed E-state index contributed by atoms with van der Waals surface area (Å²) in [5, 5.41) is 9.11. The van der Waals surface area contributed by atoms with Gasteiger partial charge >= 0.3 is 5.97 Å². The molecule has 0 fully saturated rings. The van der Waals surface area contributed by atoms with Crippen molar-refractivity contribution in [3.8, 4) is 0 Å². The summed E-state index contributed by atoms with van der Waals surface area (Å²) >= 11 is 0. The third-order valence-electron chi connectivity index (χ3n) is 4.02. The van der Waals surface area contributed by atoms with Gasteiger partial charge in [0, 0.05) is 29.4 Å². The molecule has 22 heavy (non-hydrogen) atoms. The second-order valence-electron chi connectivity index (χ2n) is 5.50. The first-order chi connectivity index (χ1) is 10.5. The molecule has 0 radical (unpaired) electrons. The van der Waals surface area contributed by atoms with Crippen LogP contribution in [0.15, 0.2) is 42.5 Å². The predicted octanol–water partition coefficient (Wildman–Crippen LogP) is 2.74. The van der Waals surface area contributed by atoms with Crippen LogP contribution in [0.1, 0.15) is 39.1 Å². The van der Waals surface area contributed by atoms with Gasteiger partial charge in [0.05, 0.1) is 5.56 Å². The number of aromatic carboxylic acids is 1. The summed E-state index contributed by atoms with van der Waals surface area (Å²) in [5.74, 6) is -1.13. The van der Waals surface area contributed by atoms with Crippen LogP contribution in [0.2, 0.25) is 0 Å². The molecule has 1 aliphatic rings. The number of nitrogens with two attached hydrogens (primary N) is 1. The molecule has 0 bridgehead atoms. The molecule has 5 heteroatoms. The van der Waals surface area contributed by atoms with Crippen LogP contribution in [0.25, 0.3) is 0 Å². The first-order valence-corrected chi connectivity index (χ1v) is 7.02. The van der Waals surface area contributed by atoms with Gasteiger partial charge in [0.25, 0.3) is 0 Å². The van der Waals surface area contributed by atoms with Crippen molar-refractivity contribution in [2.75, 3.05) is 11.4 Å². The fraction of sp³-hybridized carbons (Fsp3) is 0.176. The summed E-state index contributed by atoms with van der Waals surface area (Å²) in [6.45, 7) is 2.84. The number of amides is 1. The summed E-state index contributed by atoms with van der Waals surface area (Å²) in [7, 11) is 0. The summed E-state index contributed by atoms with van der Waals surface area (Å²) in [6, 6.07) is 12.3. The Kier molecular flexibility index (Phi) is 3.33. The number of hydrogen-bond donors (Lipinski definition) is 2. The minimum atomic E-state index is -0.917. The predicted molar refractivity (Wildman–Crippen MR) is 83.8 cm³/mol. The molecule has 0 saturated carbocycles. The van der Waals surface area contributed by atoms with Crippen LogP contribution in [0, 0.1) is 0 Å². The lowest BCUT2D eigenvalue weighted by molar-refractivity contribution is 0.0696. The highest BCUT2D eigenvalue weighted by molar-refractivity contribution is 5.93. The normalized spacial score (nSPS) is 16.4. The van der Waals surface area contributed by atoms with Gasteiger partial charge in [-0.25, -0.2) is 4.79 Å². The molecule has 0 saturated heterocycles. The molecule has 1 unspecified atom stereocenters.